The lowest BCUT2D eigenvalue weighted by atomic mass is 9.75. The fourth-order valence-corrected chi connectivity index (χ4v) is 2.74. The highest BCUT2D eigenvalue weighted by Crippen LogP contribution is 2.42. The van der Waals surface area contributed by atoms with E-state index in [1.54, 1.807) is 19.1 Å². The van der Waals surface area contributed by atoms with Gasteiger partial charge in [0, 0.05) is 12.1 Å². The maximum absolute atomic E-state index is 11.9. The van der Waals surface area contributed by atoms with E-state index in [1.165, 1.54) is 6.07 Å². The minimum atomic E-state index is -0.480. The van der Waals surface area contributed by atoms with E-state index in [4.69, 9.17) is 0 Å². The van der Waals surface area contributed by atoms with E-state index in [-0.39, 0.29) is 11.5 Å². The molecule has 17 heavy (non-hydrogen) atoms. The quantitative estimate of drug-likeness (QED) is 0.595. The van der Waals surface area contributed by atoms with Crippen LogP contribution >= 0.6 is 0 Å². The summed E-state index contributed by atoms with van der Waals surface area (Å²) in [5.74, 6) is 0.121. The lowest BCUT2D eigenvalue weighted by Gasteiger charge is -2.26. The number of nitrogens with zero attached hydrogens (tertiary/aromatic N) is 1. The number of non-ortho nitro benzene ring substituents is 1. The predicted octanol–water partition coefficient (Wildman–Crippen LogP) is 3.00. The number of nitro groups is 1. The third kappa shape index (κ3) is 1.95. The monoisotopic (exact) mass is 233 g/mol. The molecule has 0 bridgehead atoms. The van der Waals surface area contributed by atoms with Crippen molar-refractivity contribution in [3.05, 3.63) is 39.9 Å². The van der Waals surface area contributed by atoms with Gasteiger partial charge in [-0.15, -0.1) is 0 Å². The molecule has 90 valence electrons. The first-order chi connectivity index (χ1) is 8.06. The summed E-state index contributed by atoms with van der Waals surface area (Å²) in [5, 5.41) is 10.8. The molecule has 0 unspecified atom stereocenters. The first-order valence-corrected chi connectivity index (χ1v) is 5.82. The molecule has 1 saturated carbocycles. The van der Waals surface area contributed by atoms with Crippen LogP contribution in [0.2, 0.25) is 0 Å². The maximum atomic E-state index is 11.9. The van der Waals surface area contributed by atoms with Gasteiger partial charge in [-0.3, -0.25) is 14.9 Å². The summed E-state index contributed by atoms with van der Waals surface area (Å²) in [6.07, 6.45) is 3.65. The molecule has 4 heteroatoms. The fraction of sp³-hybridized carbons (Fsp3) is 0.462. The van der Waals surface area contributed by atoms with Crippen molar-refractivity contribution in [2.75, 3.05) is 0 Å². The molecule has 1 aliphatic rings. The summed E-state index contributed by atoms with van der Waals surface area (Å²) in [5.41, 5.74) is 0.387. The van der Waals surface area contributed by atoms with E-state index in [0.29, 0.717) is 0 Å². The highest BCUT2D eigenvalue weighted by molar-refractivity contribution is 5.88. The first-order valence-electron chi connectivity index (χ1n) is 5.82. The van der Waals surface area contributed by atoms with Gasteiger partial charge in [0.1, 0.15) is 5.78 Å². The van der Waals surface area contributed by atoms with Crippen LogP contribution in [0.3, 0.4) is 0 Å². The summed E-state index contributed by atoms with van der Waals surface area (Å²) in [6, 6.07) is 6.51. The van der Waals surface area contributed by atoms with Crippen molar-refractivity contribution in [3.63, 3.8) is 0 Å². The van der Waals surface area contributed by atoms with Gasteiger partial charge in [0.2, 0.25) is 0 Å². The second-order valence-corrected chi connectivity index (χ2v) is 4.65. The van der Waals surface area contributed by atoms with Crippen molar-refractivity contribution in [3.8, 4) is 0 Å². The smallest absolute Gasteiger partial charge is 0.269 e. The summed E-state index contributed by atoms with van der Waals surface area (Å²) >= 11 is 0. The Bertz CT molecular complexity index is 461. The van der Waals surface area contributed by atoms with Crippen molar-refractivity contribution >= 4 is 11.5 Å². The van der Waals surface area contributed by atoms with Gasteiger partial charge in [0.25, 0.3) is 5.69 Å². The summed E-state index contributed by atoms with van der Waals surface area (Å²) in [7, 11) is 0. The minimum absolute atomic E-state index is 0.0648. The predicted molar refractivity (Wildman–Crippen MR) is 63.9 cm³/mol. The van der Waals surface area contributed by atoms with Crippen LogP contribution in [0.1, 0.15) is 38.2 Å². The van der Waals surface area contributed by atoms with E-state index in [1.807, 2.05) is 6.07 Å². The Morgan fingerprint density at radius 1 is 1.35 bits per heavy atom. The van der Waals surface area contributed by atoms with Gasteiger partial charge in [-0.2, -0.15) is 0 Å². The highest BCUT2D eigenvalue weighted by atomic mass is 16.6. The molecule has 0 heterocycles. The van der Waals surface area contributed by atoms with Gasteiger partial charge < -0.3 is 0 Å². The zero-order valence-corrected chi connectivity index (χ0v) is 9.81. The van der Waals surface area contributed by atoms with E-state index < -0.39 is 10.3 Å². The zero-order valence-electron chi connectivity index (χ0n) is 9.81. The van der Waals surface area contributed by atoms with Crippen LogP contribution in [0, 0.1) is 10.1 Å². The molecule has 0 saturated heterocycles. The molecule has 1 aliphatic carbocycles. The lowest BCUT2D eigenvalue weighted by Crippen LogP contribution is -2.30. The number of carbonyl (C=O) groups is 1. The Morgan fingerprint density at radius 2 is 2.00 bits per heavy atom. The molecule has 4 nitrogen and oxygen atoms in total. The normalized spacial score (nSPS) is 17.9. The molecule has 0 N–H and O–H groups in total. The second kappa shape index (κ2) is 4.28. The number of rotatable bonds is 3. The van der Waals surface area contributed by atoms with E-state index in [0.717, 1.165) is 31.2 Å². The molecule has 0 radical (unpaired) electrons. The Hall–Kier alpha value is -1.71. The molecule has 0 aliphatic heterocycles. The van der Waals surface area contributed by atoms with Crippen LogP contribution in [0.15, 0.2) is 24.3 Å². The molecular formula is C13H15NO3. The Balaban J connectivity index is 2.47. The number of hydrogen-bond donors (Lipinski definition) is 0. The van der Waals surface area contributed by atoms with E-state index in [2.05, 4.69) is 0 Å². The highest BCUT2D eigenvalue weighted by Gasteiger charge is 2.40. The average molecular weight is 233 g/mol. The molecule has 2 rings (SSSR count). The molecule has 0 atom stereocenters. The topological polar surface area (TPSA) is 60.2 Å². The van der Waals surface area contributed by atoms with Crippen molar-refractivity contribution in [1.29, 1.82) is 0 Å². The molecule has 1 aromatic rings. The number of Topliss-reactive ketones (excluding diaryl/α,β-unsaturated/α-hetero) is 1. The Kier molecular flexibility index (Phi) is 2.96. The van der Waals surface area contributed by atoms with E-state index in [9.17, 15) is 14.9 Å². The van der Waals surface area contributed by atoms with Gasteiger partial charge in [-0.25, -0.2) is 0 Å². The minimum Gasteiger partial charge on any atom is -0.299 e. The van der Waals surface area contributed by atoms with Gasteiger partial charge >= 0.3 is 0 Å². The number of ketones is 1. The third-order valence-electron chi connectivity index (χ3n) is 3.74. The fourth-order valence-electron chi connectivity index (χ4n) is 2.74. The van der Waals surface area contributed by atoms with Crippen LogP contribution in [0.5, 0.6) is 0 Å². The van der Waals surface area contributed by atoms with Crippen molar-refractivity contribution in [2.24, 2.45) is 0 Å². The number of hydrogen-bond acceptors (Lipinski definition) is 3. The van der Waals surface area contributed by atoms with Crippen LogP contribution in [-0.4, -0.2) is 10.7 Å². The summed E-state index contributed by atoms with van der Waals surface area (Å²) < 4.78 is 0. The SMILES string of the molecule is CC(=O)C1(c2cccc([N+](=O)[O-])c2)CCCC1. The first kappa shape index (κ1) is 11.8. The largest absolute Gasteiger partial charge is 0.299 e. The van der Waals surface area contributed by atoms with Crippen LogP contribution in [0.4, 0.5) is 5.69 Å². The lowest BCUT2D eigenvalue weighted by molar-refractivity contribution is -0.384. The van der Waals surface area contributed by atoms with Gasteiger partial charge in [-0.1, -0.05) is 25.0 Å². The van der Waals surface area contributed by atoms with Crippen LogP contribution < -0.4 is 0 Å². The van der Waals surface area contributed by atoms with Crippen LogP contribution in [0.25, 0.3) is 0 Å². The summed E-state index contributed by atoms with van der Waals surface area (Å²) in [4.78, 5) is 22.2. The van der Waals surface area contributed by atoms with Gasteiger partial charge in [-0.05, 0) is 25.3 Å². The van der Waals surface area contributed by atoms with E-state index >= 15 is 0 Å². The Labute approximate surface area is 99.8 Å². The number of nitro benzene ring substituents is 1. The zero-order chi connectivity index (χ0) is 12.5. The second-order valence-electron chi connectivity index (χ2n) is 4.65. The van der Waals surface area contributed by atoms with Crippen LogP contribution in [-0.2, 0) is 10.2 Å². The number of carbonyl (C=O) groups excluding carboxylic acids is 1. The number of benzene rings is 1. The van der Waals surface area contributed by atoms with Gasteiger partial charge in [0.05, 0.1) is 10.3 Å². The van der Waals surface area contributed by atoms with Crippen molar-refractivity contribution in [2.45, 2.75) is 38.0 Å². The molecule has 0 aromatic heterocycles. The van der Waals surface area contributed by atoms with Gasteiger partial charge in [0.15, 0.2) is 0 Å². The molecular weight excluding hydrogens is 218 g/mol. The standard InChI is InChI=1S/C13H15NO3/c1-10(15)13(7-2-3-8-13)11-5-4-6-12(9-11)14(16)17/h4-6,9H,2-3,7-8H2,1H3. The third-order valence-corrected chi connectivity index (χ3v) is 3.74. The maximum Gasteiger partial charge on any atom is 0.269 e. The molecule has 0 amide bonds. The average Bonchev–Trinajstić information content (AvgIpc) is 2.79. The molecule has 1 aromatic carbocycles. The Morgan fingerprint density at radius 3 is 2.53 bits per heavy atom. The molecule has 1 fully saturated rings. The molecule has 0 spiro atoms. The summed E-state index contributed by atoms with van der Waals surface area (Å²) in [6.45, 7) is 1.59. The van der Waals surface area contributed by atoms with Crippen molar-refractivity contribution in [1.82, 2.24) is 0 Å². The van der Waals surface area contributed by atoms with Crippen molar-refractivity contribution < 1.29 is 9.72 Å².